The minimum absolute atomic E-state index is 0. The molecule has 0 atom stereocenters. The Morgan fingerprint density at radius 3 is 0.923 bits per heavy atom. The van der Waals surface area contributed by atoms with Crippen LogP contribution in [0.3, 0.4) is 0 Å². The van der Waals surface area contributed by atoms with E-state index in [0.717, 1.165) is 0 Å². The lowest BCUT2D eigenvalue weighted by atomic mass is 10.1. The summed E-state index contributed by atoms with van der Waals surface area (Å²) in [5.41, 5.74) is 0. The van der Waals surface area contributed by atoms with Gasteiger partial charge in [0.2, 0.25) is 0 Å². The lowest BCUT2D eigenvalue weighted by Gasteiger charge is -1.92. The van der Waals surface area contributed by atoms with E-state index >= 15 is 0 Å². The van der Waals surface area contributed by atoms with E-state index < -0.39 is 0 Å². The molecule has 2 rings (SSSR count). The molecule has 3 heteroatoms. The summed E-state index contributed by atoms with van der Waals surface area (Å²) in [6.45, 7) is 0. The van der Waals surface area contributed by atoms with Crippen molar-refractivity contribution in [2.24, 2.45) is 0 Å². The van der Waals surface area contributed by atoms with Gasteiger partial charge in [-0.1, -0.05) is 48.5 Å². The van der Waals surface area contributed by atoms with E-state index in [-0.39, 0.29) is 16.4 Å². The molecule has 0 fully saturated rings. The van der Waals surface area contributed by atoms with Crippen molar-refractivity contribution in [3.05, 3.63) is 48.5 Å². The Kier molecular flexibility index (Phi) is 6.67. The number of hydrogen-bond acceptors (Lipinski definition) is 0. The summed E-state index contributed by atoms with van der Waals surface area (Å²) < 4.78 is 0. The Hall–Kier alpha value is -1.42. The minimum Gasteiger partial charge on any atom is -0.412 e. The van der Waals surface area contributed by atoms with Crippen molar-refractivity contribution >= 4 is 10.8 Å². The van der Waals surface area contributed by atoms with E-state index in [9.17, 15) is 0 Å². The molecular weight excluding hydrogens is 168 g/mol. The van der Waals surface area contributed by atoms with Gasteiger partial charge in [0.15, 0.2) is 0 Å². The fraction of sp³-hybridized carbons (Fsp3) is 0. The molecule has 0 spiro atoms. The second-order valence-corrected chi connectivity index (χ2v) is 2.35. The van der Waals surface area contributed by atoms with Gasteiger partial charge in [-0.3, -0.25) is 0 Å². The topological polar surface area (TPSA) is 94.5 Å². The number of fused-ring (bicyclic) bond motifs is 1. The quantitative estimate of drug-likeness (QED) is 0.562. The summed E-state index contributed by atoms with van der Waals surface area (Å²) >= 11 is 0. The van der Waals surface area contributed by atoms with Crippen LogP contribution in [-0.2, 0) is 0 Å². The third kappa shape index (κ3) is 2.83. The highest BCUT2D eigenvalue weighted by molar-refractivity contribution is 5.81. The second kappa shape index (κ2) is 6.14. The smallest absolute Gasteiger partial charge is 0.0184 e. The monoisotopic (exact) mass is 182 g/mol. The molecule has 2 aromatic carbocycles. The van der Waals surface area contributed by atoms with Crippen LogP contribution < -0.4 is 0 Å². The normalized spacial score (nSPS) is 7.69. The van der Waals surface area contributed by atoms with Crippen molar-refractivity contribution in [2.45, 2.75) is 0 Å². The van der Waals surface area contributed by atoms with Crippen LogP contribution in [0.5, 0.6) is 0 Å². The maximum absolute atomic E-state index is 2.12. The number of hydrogen-bond donors (Lipinski definition) is 0. The zero-order chi connectivity index (χ0) is 6.81. The van der Waals surface area contributed by atoms with Crippen LogP contribution in [0.2, 0.25) is 0 Å². The van der Waals surface area contributed by atoms with Gasteiger partial charge in [-0.2, -0.15) is 0 Å². The molecule has 0 saturated heterocycles. The highest BCUT2D eigenvalue weighted by atomic mass is 16.0. The number of rotatable bonds is 0. The molecule has 2 aromatic rings. The van der Waals surface area contributed by atoms with Crippen LogP contribution in [0.25, 0.3) is 10.8 Å². The van der Waals surface area contributed by atoms with Crippen LogP contribution in [-0.4, -0.2) is 16.4 Å². The molecule has 0 aromatic heterocycles. The first-order valence-electron chi connectivity index (χ1n) is 3.40. The Morgan fingerprint density at radius 1 is 0.462 bits per heavy atom. The van der Waals surface area contributed by atoms with Crippen LogP contribution in [0.1, 0.15) is 0 Å². The first-order chi connectivity index (χ1) is 4.97. The molecule has 13 heavy (non-hydrogen) atoms. The molecule has 0 amide bonds. The first kappa shape index (κ1) is 14.1. The van der Waals surface area contributed by atoms with Crippen LogP contribution in [0.15, 0.2) is 48.5 Å². The molecule has 0 bridgehead atoms. The predicted molar refractivity (Wildman–Crippen MR) is 54.8 cm³/mol. The van der Waals surface area contributed by atoms with Gasteiger partial charge >= 0.3 is 0 Å². The van der Waals surface area contributed by atoms with E-state index in [1.54, 1.807) is 0 Å². The summed E-state index contributed by atoms with van der Waals surface area (Å²) in [6, 6.07) is 16.7. The highest BCUT2D eigenvalue weighted by Crippen LogP contribution is 2.11. The fourth-order valence-corrected chi connectivity index (χ4v) is 1.13. The summed E-state index contributed by atoms with van der Waals surface area (Å²) in [4.78, 5) is 0. The molecule has 3 nitrogen and oxygen atoms in total. The van der Waals surface area contributed by atoms with E-state index in [1.165, 1.54) is 10.8 Å². The predicted octanol–water partition coefficient (Wildman–Crippen LogP) is 0.366. The van der Waals surface area contributed by atoms with Gasteiger partial charge in [-0.05, 0) is 10.8 Å². The Labute approximate surface area is 76.6 Å². The molecule has 0 unspecified atom stereocenters. The van der Waals surface area contributed by atoms with Crippen molar-refractivity contribution < 1.29 is 16.4 Å². The van der Waals surface area contributed by atoms with Crippen molar-refractivity contribution in [2.75, 3.05) is 0 Å². The largest absolute Gasteiger partial charge is 0.412 e. The van der Waals surface area contributed by atoms with Gasteiger partial charge in [-0.25, -0.2) is 0 Å². The molecular formula is C10H14O3. The minimum atomic E-state index is 0. The average molecular weight is 182 g/mol. The molecule has 0 aliphatic carbocycles. The van der Waals surface area contributed by atoms with Crippen molar-refractivity contribution in [1.82, 2.24) is 0 Å². The molecule has 0 aliphatic heterocycles. The van der Waals surface area contributed by atoms with Gasteiger partial charge in [0.05, 0.1) is 0 Å². The van der Waals surface area contributed by atoms with E-state index in [4.69, 9.17) is 0 Å². The van der Waals surface area contributed by atoms with Crippen LogP contribution in [0, 0.1) is 0 Å². The summed E-state index contributed by atoms with van der Waals surface area (Å²) in [5.74, 6) is 0. The summed E-state index contributed by atoms with van der Waals surface area (Å²) in [5, 5.41) is 2.62. The fourth-order valence-electron chi connectivity index (χ4n) is 1.13. The third-order valence-electron chi connectivity index (χ3n) is 1.66. The maximum atomic E-state index is 2.12. The zero-order valence-corrected chi connectivity index (χ0v) is 7.12. The van der Waals surface area contributed by atoms with Crippen LogP contribution in [0.4, 0.5) is 0 Å². The first-order valence-corrected chi connectivity index (χ1v) is 3.40. The van der Waals surface area contributed by atoms with E-state index in [2.05, 4.69) is 48.5 Å². The molecule has 6 N–H and O–H groups in total. The summed E-state index contributed by atoms with van der Waals surface area (Å²) in [7, 11) is 0. The Bertz CT molecular complexity index is 281. The molecule has 0 aliphatic rings. The van der Waals surface area contributed by atoms with Crippen LogP contribution >= 0.6 is 0 Å². The van der Waals surface area contributed by atoms with Crippen molar-refractivity contribution in [3.8, 4) is 0 Å². The number of benzene rings is 2. The lowest BCUT2D eigenvalue weighted by molar-refractivity contribution is 0.823. The molecule has 0 radical (unpaired) electrons. The van der Waals surface area contributed by atoms with Gasteiger partial charge in [0.1, 0.15) is 0 Å². The van der Waals surface area contributed by atoms with Gasteiger partial charge < -0.3 is 16.4 Å². The van der Waals surface area contributed by atoms with Crippen molar-refractivity contribution in [3.63, 3.8) is 0 Å². The van der Waals surface area contributed by atoms with E-state index in [1.807, 2.05) is 0 Å². The highest BCUT2D eigenvalue weighted by Gasteiger charge is 1.85. The molecule has 72 valence electrons. The van der Waals surface area contributed by atoms with Gasteiger partial charge in [0.25, 0.3) is 0 Å². The van der Waals surface area contributed by atoms with Gasteiger partial charge in [-0.15, -0.1) is 0 Å². The van der Waals surface area contributed by atoms with Gasteiger partial charge in [0, 0.05) is 0 Å². The Balaban J connectivity index is 0. The molecule has 0 saturated carbocycles. The lowest BCUT2D eigenvalue weighted by Crippen LogP contribution is -1.67. The summed E-state index contributed by atoms with van der Waals surface area (Å²) in [6.07, 6.45) is 0. The standard InChI is InChI=1S/C10H8.3H2O/c1-2-6-10-8-4-3-7-9(10)5-1;;;/h1-8H;3*1H2. The maximum Gasteiger partial charge on any atom is -0.0184 e. The molecule has 0 heterocycles. The van der Waals surface area contributed by atoms with Crippen molar-refractivity contribution in [1.29, 1.82) is 0 Å². The average Bonchev–Trinajstić information content (AvgIpc) is 2.05. The zero-order valence-electron chi connectivity index (χ0n) is 7.12. The second-order valence-electron chi connectivity index (χ2n) is 2.35. The SMILES string of the molecule is O.O.O.c1ccc2ccccc2c1. The van der Waals surface area contributed by atoms with E-state index in [0.29, 0.717) is 0 Å². The Morgan fingerprint density at radius 2 is 0.692 bits per heavy atom. The third-order valence-corrected chi connectivity index (χ3v) is 1.66.